The molecule has 4 aromatic heterocycles. The number of carboxylic acid groups (broad SMARTS) is 1. The average Bonchev–Trinajstić information content (AvgIpc) is 1.75. The standard InChI is InChI=1S/C43H37F3N4O6S.C33H37BN4O5S/c1-3-55-38(51)21-19-33(43(44,45)46)27-14-16-28(17-15-27)56-35-12-7-9-29(25(35)2)30-18-20-37(48-39(30)41(53)54)50-23-22-26-8-6-10-31(32(26)24-50)40(52)49-42-47-34-11-4-5-13-36(34)57-42;1-31(2,3)41-29(40)27-23(34-42-32(4,5)33(6,7)43-34)15-16-26(36-27)38-18-17-20-11-10-12-21(22(20)19-38)28(39)37-30-35-24-13-8-9-14-25(24)44-30/h4-18,20,33H,3,19,21-24H2,1-2H3,(H,53,54)(H,47,49,52);8-16H,17-19H2,1-7H3,(H,35,37,39)/t33-;/m0./s1. The molecule has 0 radical (unpaired) electrons. The molecule has 0 unspecified atom stereocenters. The number of hydrogen-bond acceptors (Lipinski definition) is 18. The van der Waals surface area contributed by atoms with Crippen LogP contribution in [0.1, 0.15) is 149 Å². The molecule has 19 nitrogen and oxygen atoms in total. The average molecular weight is 1410 g/mol. The largest absolute Gasteiger partial charge is 0.497 e. The van der Waals surface area contributed by atoms with Gasteiger partial charge in [0, 0.05) is 54.8 Å². The van der Waals surface area contributed by atoms with Crippen molar-refractivity contribution < 1.29 is 65.8 Å². The fraction of sp³-hybridized carbons (Fsp3) is 0.303. The minimum Gasteiger partial charge on any atom is -0.476 e. The molecule has 6 aromatic carbocycles. The van der Waals surface area contributed by atoms with E-state index in [-0.39, 0.29) is 47.5 Å². The van der Waals surface area contributed by atoms with Crippen molar-refractivity contribution in [1.82, 2.24) is 19.9 Å². The van der Waals surface area contributed by atoms with Gasteiger partial charge in [-0.1, -0.05) is 102 Å². The number of halogens is 3. The molecule has 101 heavy (non-hydrogen) atoms. The molecule has 1 saturated heterocycles. The van der Waals surface area contributed by atoms with E-state index in [1.54, 1.807) is 50.2 Å². The Balaban J connectivity index is 0.000000197. The number of para-hydroxylation sites is 2. The molecule has 7 heterocycles. The smallest absolute Gasteiger partial charge is 0.476 e. The first-order valence-corrected chi connectivity index (χ1v) is 34.7. The van der Waals surface area contributed by atoms with Crippen molar-refractivity contribution in [3.05, 3.63) is 208 Å². The molecule has 1 fully saturated rings. The van der Waals surface area contributed by atoms with Crippen LogP contribution in [0.2, 0.25) is 0 Å². The number of anilines is 4. The molecule has 0 spiro atoms. The highest BCUT2D eigenvalue weighted by Crippen LogP contribution is 2.42. The molecule has 25 heteroatoms. The fourth-order valence-corrected chi connectivity index (χ4v) is 14.1. The van der Waals surface area contributed by atoms with Crippen LogP contribution in [0.5, 0.6) is 11.5 Å². The Labute approximate surface area is 590 Å². The second kappa shape index (κ2) is 28.9. The number of esters is 2. The van der Waals surface area contributed by atoms with E-state index < -0.39 is 60.3 Å². The molecule has 2 amide bonds. The normalized spacial score (nSPS) is 15.0. The predicted octanol–water partition coefficient (Wildman–Crippen LogP) is 15.7. The number of fused-ring (bicyclic) bond motifs is 4. The van der Waals surface area contributed by atoms with Gasteiger partial charge in [0.15, 0.2) is 21.7 Å². The molecule has 0 saturated carbocycles. The topological polar surface area (TPSA) is 234 Å². The minimum atomic E-state index is -4.57. The third-order valence-electron chi connectivity index (χ3n) is 18.2. The number of carbonyl (C=O) groups is 5. The maximum Gasteiger partial charge on any atom is 0.497 e. The van der Waals surface area contributed by atoms with Gasteiger partial charge in [-0.2, -0.15) is 13.2 Å². The monoisotopic (exact) mass is 1410 g/mol. The van der Waals surface area contributed by atoms with Crippen LogP contribution in [0.4, 0.5) is 35.1 Å². The fourth-order valence-electron chi connectivity index (χ4n) is 12.4. The van der Waals surface area contributed by atoms with Gasteiger partial charge in [0.25, 0.3) is 11.8 Å². The lowest BCUT2D eigenvalue weighted by Crippen LogP contribution is -2.41. The number of carbonyl (C=O) groups excluding carboxylic acids is 4. The van der Waals surface area contributed by atoms with E-state index in [0.29, 0.717) is 93.5 Å². The maximum atomic E-state index is 13.9. The SMILES string of the molecule is CC(C)(C)OC(=O)c1nc(N2CCc3cccc(C(=O)Nc4nc5ccccc5s4)c3C2)ccc1B1OC(C)(C)C(C)(C)O1.CCOC(=O)CC[C@@H](c1ccc(Oc2cccc(-c3ccc(N4CCc5cccc(C(=O)Nc6nc7ccccc7s6)c5C4)nc3C(=O)O)c2C)cc1)C(F)(F)F. The predicted molar refractivity (Wildman–Crippen MR) is 385 cm³/mol. The third kappa shape index (κ3) is 15.8. The number of aromatic nitrogens is 4. The van der Waals surface area contributed by atoms with Crippen molar-refractivity contribution in [3.8, 4) is 22.6 Å². The van der Waals surface area contributed by atoms with Crippen molar-refractivity contribution in [3.63, 3.8) is 0 Å². The summed E-state index contributed by atoms with van der Waals surface area (Å²) < 4.78 is 73.0. The number of nitrogens with one attached hydrogen (secondary N) is 2. The van der Waals surface area contributed by atoms with E-state index in [4.69, 9.17) is 28.5 Å². The number of benzene rings is 6. The highest BCUT2D eigenvalue weighted by molar-refractivity contribution is 7.22. The van der Waals surface area contributed by atoms with Gasteiger partial charge in [-0.15, -0.1) is 0 Å². The van der Waals surface area contributed by atoms with Crippen LogP contribution in [0.25, 0.3) is 31.6 Å². The Kier molecular flexibility index (Phi) is 20.2. The molecule has 3 aliphatic rings. The van der Waals surface area contributed by atoms with Crippen LogP contribution in [0, 0.1) is 6.92 Å². The Morgan fingerprint density at radius 1 is 0.644 bits per heavy atom. The van der Waals surface area contributed by atoms with Crippen molar-refractivity contribution in [2.45, 2.75) is 130 Å². The summed E-state index contributed by atoms with van der Waals surface area (Å²) >= 11 is 2.84. The molecule has 13 rings (SSSR count). The summed E-state index contributed by atoms with van der Waals surface area (Å²) in [6.07, 6.45) is -4.04. The first-order chi connectivity index (χ1) is 48.1. The Morgan fingerprint density at radius 3 is 1.68 bits per heavy atom. The lowest BCUT2D eigenvalue weighted by molar-refractivity contribution is -0.156. The number of hydrogen-bond donors (Lipinski definition) is 3. The van der Waals surface area contributed by atoms with Crippen LogP contribution in [-0.2, 0) is 49.5 Å². The third-order valence-corrected chi connectivity index (χ3v) is 20.1. The number of carboxylic acids is 1. The van der Waals surface area contributed by atoms with E-state index in [0.717, 1.165) is 49.1 Å². The van der Waals surface area contributed by atoms with Gasteiger partial charge in [0.2, 0.25) is 0 Å². The minimum absolute atomic E-state index is 0.0111. The van der Waals surface area contributed by atoms with Gasteiger partial charge in [-0.3, -0.25) is 25.0 Å². The molecular weight excluding hydrogens is 1330 g/mol. The molecule has 3 N–H and O–H groups in total. The lowest BCUT2D eigenvalue weighted by Gasteiger charge is -2.32. The number of alkyl halides is 3. The quantitative estimate of drug-likeness (QED) is 0.0568. The summed E-state index contributed by atoms with van der Waals surface area (Å²) in [5, 5.41) is 17.4. The zero-order chi connectivity index (χ0) is 71.7. The number of nitrogens with zero attached hydrogens (tertiary/aromatic N) is 6. The number of aromatic carboxylic acids is 1. The second-order valence-corrected chi connectivity index (χ2v) is 28.8. The van der Waals surface area contributed by atoms with Gasteiger partial charge >= 0.3 is 31.2 Å². The number of pyridine rings is 2. The molecule has 3 aliphatic heterocycles. The highest BCUT2D eigenvalue weighted by atomic mass is 32.1. The molecular formula is C76H74BF3N8O11S2. The van der Waals surface area contributed by atoms with Gasteiger partial charge in [-0.05, 0) is 193 Å². The van der Waals surface area contributed by atoms with E-state index in [2.05, 4.69) is 36.6 Å². The zero-order valence-electron chi connectivity index (χ0n) is 57.1. The zero-order valence-corrected chi connectivity index (χ0v) is 58.7. The highest BCUT2D eigenvalue weighted by Gasteiger charge is 2.53. The Morgan fingerprint density at radius 2 is 1.17 bits per heavy atom. The lowest BCUT2D eigenvalue weighted by atomic mass is 9.77. The Hall–Kier alpha value is -10.1. The van der Waals surface area contributed by atoms with E-state index in [1.807, 2.05) is 138 Å². The number of rotatable bonds is 17. The summed E-state index contributed by atoms with van der Waals surface area (Å²) in [6.45, 7) is 18.8. The summed E-state index contributed by atoms with van der Waals surface area (Å²) in [4.78, 5) is 87.6. The summed E-state index contributed by atoms with van der Waals surface area (Å²) in [5.74, 6) is -3.12. The maximum absolute atomic E-state index is 13.9. The van der Waals surface area contributed by atoms with Crippen molar-refractivity contribution >= 4 is 107 Å². The summed E-state index contributed by atoms with van der Waals surface area (Å²) in [6, 6.07) is 44.7. The van der Waals surface area contributed by atoms with Gasteiger partial charge in [0.1, 0.15) is 28.7 Å². The van der Waals surface area contributed by atoms with E-state index in [1.165, 1.54) is 46.9 Å². The van der Waals surface area contributed by atoms with Crippen molar-refractivity contribution in [1.29, 1.82) is 0 Å². The van der Waals surface area contributed by atoms with Gasteiger partial charge < -0.3 is 38.4 Å². The summed E-state index contributed by atoms with van der Waals surface area (Å²) in [7, 11) is -0.774. The second-order valence-electron chi connectivity index (χ2n) is 26.7. The molecule has 0 aliphatic carbocycles. The number of amides is 2. The molecule has 520 valence electrons. The number of ether oxygens (including phenoxy) is 3. The summed E-state index contributed by atoms with van der Waals surface area (Å²) in [5.41, 5.74) is 6.74. The van der Waals surface area contributed by atoms with Crippen LogP contribution in [0.15, 0.2) is 152 Å². The van der Waals surface area contributed by atoms with E-state index in [9.17, 15) is 42.3 Å². The molecule has 1 atom stereocenters. The Bertz CT molecular complexity index is 4740. The first kappa shape index (κ1) is 70.8. The van der Waals surface area contributed by atoms with Crippen LogP contribution in [0.3, 0.4) is 0 Å². The van der Waals surface area contributed by atoms with Crippen LogP contribution >= 0.6 is 22.7 Å². The number of thiazole rings is 2. The van der Waals surface area contributed by atoms with Gasteiger partial charge in [-0.25, -0.2) is 29.5 Å². The molecule has 0 bridgehead atoms. The van der Waals surface area contributed by atoms with Gasteiger partial charge in [0.05, 0.1) is 44.2 Å². The molecule has 10 aromatic rings. The van der Waals surface area contributed by atoms with Crippen LogP contribution in [-0.4, -0.2) is 105 Å². The van der Waals surface area contributed by atoms with Crippen molar-refractivity contribution in [2.75, 3.05) is 40.1 Å². The first-order valence-electron chi connectivity index (χ1n) is 33.1. The van der Waals surface area contributed by atoms with Crippen LogP contribution < -0.4 is 30.6 Å². The van der Waals surface area contributed by atoms with Crippen molar-refractivity contribution in [2.24, 2.45) is 0 Å². The van der Waals surface area contributed by atoms with E-state index >= 15 is 0 Å².